The Hall–Kier alpha value is -2.01. The number of carbonyl (C=O) groups excluding carboxylic acids is 1. The van der Waals surface area contributed by atoms with Gasteiger partial charge in [-0.05, 0) is 31.0 Å². The Morgan fingerprint density at radius 3 is 3.15 bits per heavy atom. The molecule has 5 heteroatoms. The van der Waals surface area contributed by atoms with Gasteiger partial charge < -0.3 is 10.0 Å². The van der Waals surface area contributed by atoms with Crippen LogP contribution in [0, 0.1) is 5.82 Å². The number of rotatable bonds is 2. The fourth-order valence-electron chi connectivity index (χ4n) is 2.77. The van der Waals surface area contributed by atoms with Crippen LogP contribution in [0.3, 0.4) is 0 Å². The van der Waals surface area contributed by atoms with Crippen molar-refractivity contribution >= 4 is 16.8 Å². The number of hydrogen-bond acceptors (Lipinski definition) is 3. The van der Waals surface area contributed by atoms with Crippen molar-refractivity contribution in [3.63, 3.8) is 0 Å². The van der Waals surface area contributed by atoms with Crippen LogP contribution in [-0.2, 0) is 0 Å². The van der Waals surface area contributed by atoms with Gasteiger partial charge >= 0.3 is 0 Å². The number of fused-ring (bicyclic) bond motifs is 1. The Kier molecular flexibility index (Phi) is 3.36. The van der Waals surface area contributed by atoms with E-state index in [1.807, 2.05) is 0 Å². The van der Waals surface area contributed by atoms with Gasteiger partial charge in [-0.3, -0.25) is 9.78 Å². The summed E-state index contributed by atoms with van der Waals surface area (Å²) in [5, 5.41) is 9.92. The first-order valence-electron chi connectivity index (χ1n) is 6.67. The fourth-order valence-corrected chi connectivity index (χ4v) is 2.77. The second-order valence-corrected chi connectivity index (χ2v) is 5.01. The molecule has 0 unspecified atom stereocenters. The highest BCUT2D eigenvalue weighted by molar-refractivity contribution is 6.05. The lowest BCUT2D eigenvalue weighted by Gasteiger charge is -2.23. The first-order chi connectivity index (χ1) is 9.70. The van der Waals surface area contributed by atoms with Crippen LogP contribution in [0.2, 0.25) is 0 Å². The molecule has 104 valence electrons. The summed E-state index contributed by atoms with van der Waals surface area (Å²) in [6.07, 6.45) is 3.23. The lowest BCUT2D eigenvalue weighted by molar-refractivity contribution is 0.0679. The number of amides is 1. The van der Waals surface area contributed by atoms with Crippen molar-refractivity contribution in [2.75, 3.05) is 13.2 Å². The third-order valence-electron chi connectivity index (χ3n) is 3.75. The minimum Gasteiger partial charge on any atom is -0.394 e. The summed E-state index contributed by atoms with van der Waals surface area (Å²) in [5.74, 6) is -0.710. The molecule has 0 radical (unpaired) electrons. The van der Waals surface area contributed by atoms with Crippen LogP contribution >= 0.6 is 0 Å². The summed E-state index contributed by atoms with van der Waals surface area (Å²) in [6, 6.07) is 5.86. The zero-order chi connectivity index (χ0) is 14.1. The SMILES string of the molecule is O=C(c1cc(F)cc2cccnc12)N1CCC[C@@H]1CO. The smallest absolute Gasteiger partial charge is 0.256 e. The van der Waals surface area contributed by atoms with Gasteiger partial charge in [-0.15, -0.1) is 0 Å². The number of aromatic nitrogens is 1. The first kappa shape index (κ1) is 13.0. The van der Waals surface area contributed by atoms with Crippen LogP contribution in [0.15, 0.2) is 30.5 Å². The molecule has 2 heterocycles. The van der Waals surface area contributed by atoms with E-state index in [1.54, 1.807) is 23.2 Å². The molecule has 1 aromatic carbocycles. The summed E-state index contributed by atoms with van der Waals surface area (Å²) in [5.41, 5.74) is 0.767. The van der Waals surface area contributed by atoms with Crippen molar-refractivity contribution in [2.24, 2.45) is 0 Å². The van der Waals surface area contributed by atoms with Crippen LogP contribution in [0.25, 0.3) is 10.9 Å². The third kappa shape index (κ3) is 2.14. The molecule has 1 N–H and O–H groups in total. The molecule has 0 aliphatic carbocycles. The third-order valence-corrected chi connectivity index (χ3v) is 3.75. The van der Waals surface area contributed by atoms with Crippen LogP contribution < -0.4 is 0 Å². The van der Waals surface area contributed by atoms with E-state index in [9.17, 15) is 14.3 Å². The van der Waals surface area contributed by atoms with E-state index in [2.05, 4.69) is 4.98 Å². The number of benzene rings is 1. The predicted octanol–water partition coefficient (Wildman–Crippen LogP) is 1.97. The van der Waals surface area contributed by atoms with E-state index in [0.717, 1.165) is 12.8 Å². The van der Waals surface area contributed by atoms with E-state index in [0.29, 0.717) is 17.4 Å². The number of carbonyl (C=O) groups is 1. The molecule has 1 amide bonds. The highest BCUT2D eigenvalue weighted by atomic mass is 19.1. The fraction of sp³-hybridized carbons (Fsp3) is 0.333. The first-order valence-corrected chi connectivity index (χ1v) is 6.67. The van der Waals surface area contributed by atoms with Crippen molar-refractivity contribution in [3.05, 3.63) is 41.8 Å². The molecule has 1 aliphatic heterocycles. The number of hydrogen-bond donors (Lipinski definition) is 1. The van der Waals surface area contributed by atoms with Crippen molar-refractivity contribution in [1.29, 1.82) is 0 Å². The lowest BCUT2D eigenvalue weighted by atomic mass is 10.1. The molecule has 0 saturated carbocycles. The van der Waals surface area contributed by atoms with Gasteiger partial charge in [0, 0.05) is 18.1 Å². The van der Waals surface area contributed by atoms with Crippen molar-refractivity contribution in [1.82, 2.24) is 9.88 Å². The molecule has 1 atom stereocenters. The van der Waals surface area contributed by atoms with Gasteiger partial charge in [-0.1, -0.05) is 6.07 Å². The van der Waals surface area contributed by atoms with Crippen molar-refractivity contribution < 1.29 is 14.3 Å². The van der Waals surface area contributed by atoms with E-state index in [-0.39, 0.29) is 24.1 Å². The molecule has 1 fully saturated rings. The highest BCUT2D eigenvalue weighted by Crippen LogP contribution is 2.24. The summed E-state index contributed by atoms with van der Waals surface area (Å²) in [7, 11) is 0. The largest absolute Gasteiger partial charge is 0.394 e. The molecule has 0 bridgehead atoms. The highest BCUT2D eigenvalue weighted by Gasteiger charge is 2.30. The number of aliphatic hydroxyl groups excluding tert-OH is 1. The number of nitrogens with zero attached hydrogens (tertiary/aromatic N) is 2. The second kappa shape index (κ2) is 5.17. The second-order valence-electron chi connectivity index (χ2n) is 5.01. The van der Waals surface area contributed by atoms with Crippen LogP contribution in [0.1, 0.15) is 23.2 Å². The quantitative estimate of drug-likeness (QED) is 0.911. The Morgan fingerprint density at radius 1 is 1.50 bits per heavy atom. The summed E-state index contributed by atoms with van der Waals surface area (Å²) in [4.78, 5) is 18.4. The van der Waals surface area contributed by atoms with Crippen LogP contribution in [0.5, 0.6) is 0 Å². The molecule has 20 heavy (non-hydrogen) atoms. The van der Waals surface area contributed by atoms with E-state index in [4.69, 9.17) is 0 Å². The summed E-state index contributed by atoms with van der Waals surface area (Å²) >= 11 is 0. The zero-order valence-corrected chi connectivity index (χ0v) is 10.9. The normalized spacial score (nSPS) is 18.7. The zero-order valence-electron chi connectivity index (χ0n) is 10.9. The number of likely N-dealkylation sites (tertiary alicyclic amines) is 1. The molecule has 4 nitrogen and oxygen atoms in total. The maximum atomic E-state index is 13.7. The summed E-state index contributed by atoms with van der Waals surface area (Å²) in [6.45, 7) is 0.529. The van der Waals surface area contributed by atoms with Crippen molar-refractivity contribution in [2.45, 2.75) is 18.9 Å². The maximum Gasteiger partial charge on any atom is 0.256 e. The van der Waals surface area contributed by atoms with Crippen molar-refractivity contribution in [3.8, 4) is 0 Å². The Bertz CT molecular complexity index is 659. The molecule has 1 aliphatic rings. The van der Waals surface area contributed by atoms with E-state index < -0.39 is 5.82 Å². The molecule has 2 aromatic rings. The molecular formula is C15H15FN2O2. The van der Waals surface area contributed by atoms with Gasteiger partial charge in [-0.2, -0.15) is 0 Å². The Morgan fingerprint density at radius 2 is 2.35 bits per heavy atom. The standard InChI is InChI=1S/C15H15FN2O2/c16-11-7-10-3-1-5-17-14(10)13(8-11)15(20)18-6-2-4-12(18)9-19/h1,3,5,7-8,12,19H,2,4,6,9H2/t12-/m1/s1. The number of aliphatic hydroxyl groups is 1. The lowest BCUT2D eigenvalue weighted by Crippen LogP contribution is -2.37. The van der Waals surface area contributed by atoms with Crippen LogP contribution in [0.4, 0.5) is 4.39 Å². The maximum absolute atomic E-state index is 13.7. The van der Waals surface area contributed by atoms with Gasteiger partial charge in [0.15, 0.2) is 0 Å². The Labute approximate surface area is 115 Å². The average molecular weight is 274 g/mol. The van der Waals surface area contributed by atoms with Gasteiger partial charge in [0.25, 0.3) is 5.91 Å². The molecule has 0 spiro atoms. The molecule has 1 aromatic heterocycles. The van der Waals surface area contributed by atoms with Gasteiger partial charge in [0.05, 0.1) is 23.7 Å². The minimum atomic E-state index is -0.450. The topological polar surface area (TPSA) is 53.4 Å². The van der Waals surface area contributed by atoms with E-state index >= 15 is 0 Å². The average Bonchev–Trinajstić information content (AvgIpc) is 2.94. The summed E-state index contributed by atoms with van der Waals surface area (Å²) < 4.78 is 13.7. The Balaban J connectivity index is 2.07. The van der Waals surface area contributed by atoms with Gasteiger partial charge in [0.1, 0.15) is 5.82 Å². The monoisotopic (exact) mass is 274 g/mol. The number of pyridine rings is 1. The van der Waals surface area contributed by atoms with Crippen LogP contribution in [-0.4, -0.2) is 40.1 Å². The predicted molar refractivity (Wildman–Crippen MR) is 72.8 cm³/mol. The molecule has 1 saturated heterocycles. The minimum absolute atomic E-state index is 0.0631. The van der Waals surface area contributed by atoms with Gasteiger partial charge in [0.2, 0.25) is 0 Å². The molecular weight excluding hydrogens is 259 g/mol. The van der Waals surface area contributed by atoms with E-state index in [1.165, 1.54) is 12.1 Å². The van der Waals surface area contributed by atoms with Gasteiger partial charge in [-0.25, -0.2) is 4.39 Å². The molecule has 3 rings (SSSR count). The number of halogens is 1.